The lowest BCUT2D eigenvalue weighted by atomic mass is 9.86. The van der Waals surface area contributed by atoms with Crippen molar-refractivity contribution in [2.75, 3.05) is 13.2 Å². The SMILES string of the molecule is C=C/C=C/CCCCc1cc(C)cc2c(CCCC/C=C/C=C)cc(C)cc12.C=CCCCOc1cc(C)cc2c(OCCCC=C)cc(C)cc12.Cc1cc(CCCc2ccc3c(c2)CC3)c2cc(C)cc(CCCCc3ccc4c(c3)CC4)c2c1. The molecule has 0 radical (unpaired) electrons. The first-order chi connectivity index (χ1) is 42.4. The Bertz CT molecular complexity index is 3540. The molecule has 0 aromatic heterocycles. The Morgan fingerprint density at radius 1 is 0.322 bits per heavy atom. The van der Waals surface area contributed by atoms with Crippen molar-refractivity contribution in [1.82, 2.24) is 0 Å². The molecule has 0 spiro atoms. The van der Waals surface area contributed by atoms with E-state index in [1.165, 1.54) is 173 Å². The van der Waals surface area contributed by atoms with Crippen LogP contribution >= 0.6 is 0 Å². The summed E-state index contributed by atoms with van der Waals surface area (Å²) in [5.74, 6) is 1.88. The van der Waals surface area contributed by atoms with Crippen molar-refractivity contribution in [3.8, 4) is 11.5 Å². The maximum absolute atomic E-state index is 6.04. The molecule has 0 bridgehead atoms. The van der Waals surface area contributed by atoms with E-state index < -0.39 is 0 Å². The van der Waals surface area contributed by atoms with Gasteiger partial charge < -0.3 is 9.47 Å². The third kappa shape index (κ3) is 19.5. The first-order valence-corrected chi connectivity index (χ1v) is 33.3. The molecule has 0 unspecified atom stereocenters. The molecule has 0 aliphatic heterocycles. The number of benzene rings is 8. The Hall–Kier alpha value is -7.42. The Balaban J connectivity index is 0.000000173. The lowest BCUT2D eigenvalue weighted by Gasteiger charge is -2.19. The van der Waals surface area contributed by atoms with Crippen molar-refractivity contribution in [2.45, 2.75) is 189 Å². The van der Waals surface area contributed by atoms with E-state index >= 15 is 0 Å². The number of allylic oxidation sites excluding steroid dienone is 8. The summed E-state index contributed by atoms with van der Waals surface area (Å²) in [7, 11) is 0. The molecule has 0 saturated carbocycles. The van der Waals surface area contributed by atoms with Crippen LogP contribution < -0.4 is 9.47 Å². The first kappa shape index (κ1) is 65.6. The van der Waals surface area contributed by atoms with Crippen LogP contribution in [0.1, 0.15) is 172 Å². The largest absolute Gasteiger partial charge is 0.493 e. The number of hydrogen-bond donors (Lipinski definition) is 0. The second kappa shape index (κ2) is 34.2. The van der Waals surface area contributed by atoms with Crippen LogP contribution in [0, 0.1) is 41.5 Å². The molecule has 454 valence electrons. The fraction of sp³-hybridized carbons (Fsp3) is 0.365. The summed E-state index contributed by atoms with van der Waals surface area (Å²) >= 11 is 0. The molecule has 0 heterocycles. The Morgan fingerprint density at radius 3 is 1.01 bits per heavy atom. The minimum atomic E-state index is 0.702. The second-order valence-electron chi connectivity index (χ2n) is 25.2. The van der Waals surface area contributed by atoms with Gasteiger partial charge in [-0.15, -0.1) is 13.2 Å². The van der Waals surface area contributed by atoms with Gasteiger partial charge in [0.2, 0.25) is 0 Å². The Morgan fingerprint density at radius 2 is 0.655 bits per heavy atom. The number of unbranched alkanes of at least 4 members (excludes halogenated alkanes) is 7. The van der Waals surface area contributed by atoms with E-state index in [0.29, 0.717) is 13.2 Å². The average molecular weight is 1160 g/mol. The van der Waals surface area contributed by atoms with Crippen molar-refractivity contribution in [3.05, 3.63) is 273 Å². The molecule has 87 heavy (non-hydrogen) atoms. The highest BCUT2D eigenvalue weighted by atomic mass is 16.5. The maximum atomic E-state index is 6.04. The molecule has 2 aliphatic rings. The third-order valence-corrected chi connectivity index (χ3v) is 17.6. The van der Waals surface area contributed by atoms with Crippen LogP contribution in [0.2, 0.25) is 0 Å². The van der Waals surface area contributed by atoms with Crippen LogP contribution in [-0.2, 0) is 64.2 Å². The molecular formula is C85H102O2. The molecular weight excluding hydrogens is 1050 g/mol. The summed E-state index contributed by atoms with van der Waals surface area (Å²) in [5, 5.41) is 8.16. The van der Waals surface area contributed by atoms with Crippen LogP contribution in [0.25, 0.3) is 32.3 Å². The highest BCUT2D eigenvalue weighted by molar-refractivity contribution is 5.95. The van der Waals surface area contributed by atoms with Crippen molar-refractivity contribution in [1.29, 1.82) is 0 Å². The van der Waals surface area contributed by atoms with Gasteiger partial charge in [0.15, 0.2) is 0 Å². The summed E-state index contributed by atoms with van der Waals surface area (Å²) in [5.41, 5.74) is 23.4. The van der Waals surface area contributed by atoms with E-state index in [-0.39, 0.29) is 0 Å². The van der Waals surface area contributed by atoms with E-state index in [1.54, 1.807) is 27.8 Å². The normalized spacial score (nSPS) is 12.2. The average Bonchev–Trinajstić information content (AvgIpc) is 1.56. The van der Waals surface area contributed by atoms with Crippen LogP contribution in [0.15, 0.2) is 184 Å². The predicted octanol–water partition coefficient (Wildman–Crippen LogP) is 22.9. The lowest BCUT2D eigenvalue weighted by molar-refractivity contribution is 0.312. The number of rotatable bonds is 31. The Labute approximate surface area is 525 Å². The summed E-state index contributed by atoms with van der Waals surface area (Å²) in [6.07, 6.45) is 43.2. The van der Waals surface area contributed by atoms with E-state index in [1.807, 2.05) is 36.5 Å². The van der Waals surface area contributed by atoms with Gasteiger partial charge in [0.25, 0.3) is 0 Å². The zero-order chi connectivity index (χ0) is 61.3. The fourth-order valence-electron chi connectivity index (χ4n) is 12.9. The molecule has 0 saturated heterocycles. The summed E-state index contributed by atoms with van der Waals surface area (Å²) < 4.78 is 12.1. The molecule has 0 fully saturated rings. The highest BCUT2D eigenvalue weighted by Gasteiger charge is 2.16. The minimum Gasteiger partial charge on any atom is -0.493 e. The molecule has 2 heteroatoms. The third-order valence-electron chi connectivity index (χ3n) is 17.6. The van der Waals surface area contributed by atoms with Crippen molar-refractivity contribution < 1.29 is 9.47 Å². The molecule has 0 N–H and O–H groups in total. The van der Waals surface area contributed by atoms with E-state index in [0.717, 1.165) is 80.1 Å². The quantitative estimate of drug-likeness (QED) is 0.0245. The first-order valence-electron chi connectivity index (χ1n) is 33.3. The van der Waals surface area contributed by atoms with Gasteiger partial charge in [-0.1, -0.05) is 169 Å². The number of hydrogen-bond acceptors (Lipinski definition) is 2. The molecule has 2 nitrogen and oxygen atoms in total. The van der Waals surface area contributed by atoms with Crippen LogP contribution in [0.5, 0.6) is 11.5 Å². The van der Waals surface area contributed by atoms with Crippen molar-refractivity contribution in [3.63, 3.8) is 0 Å². The van der Waals surface area contributed by atoms with Gasteiger partial charge in [-0.2, -0.15) is 0 Å². The van der Waals surface area contributed by atoms with Gasteiger partial charge >= 0.3 is 0 Å². The lowest BCUT2D eigenvalue weighted by Crippen LogP contribution is -2.08. The summed E-state index contributed by atoms with van der Waals surface area (Å²) in [6.45, 7) is 29.6. The Kier molecular flexibility index (Phi) is 25.8. The van der Waals surface area contributed by atoms with Gasteiger partial charge in [0, 0.05) is 10.8 Å². The summed E-state index contributed by atoms with van der Waals surface area (Å²) in [4.78, 5) is 0. The molecule has 8 aromatic carbocycles. The zero-order valence-corrected chi connectivity index (χ0v) is 54.3. The van der Waals surface area contributed by atoms with Crippen LogP contribution in [0.4, 0.5) is 0 Å². The smallest absolute Gasteiger partial charge is 0.127 e. The van der Waals surface area contributed by atoms with Crippen molar-refractivity contribution >= 4 is 32.3 Å². The van der Waals surface area contributed by atoms with Gasteiger partial charge in [0.05, 0.1) is 13.2 Å². The topological polar surface area (TPSA) is 18.5 Å². The standard InChI is InChI=1S/C35H38.C28H36.C22H28O2/c1-24-18-32(8-4-3-6-26-10-12-28-14-16-30(28)22-26)34-20-25(2)19-33(35(34)21-24)9-5-7-27-11-13-29-15-17-31(29)23-27;1-5-7-9-11-13-15-17-25-19-23(3)22-28-26(20-24(4)21-27(25)28)18-16-14-12-10-8-6-2;1-5-7-9-11-23-21-15-17(3)14-20-19(21)13-18(4)16-22(20)24-12-10-8-6-2/h10-13,18-23H,3-9,14-17H2,1-2H3;5-10,19-22H,1-2,11-18H2,3-4H3;5-6,13-16H,1-2,7-12H2,3-4H3/b;9-7+,10-8+;. The van der Waals surface area contributed by atoms with Gasteiger partial charge in [0.1, 0.15) is 11.5 Å². The van der Waals surface area contributed by atoms with Crippen molar-refractivity contribution in [2.24, 2.45) is 0 Å². The second-order valence-corrected chi connectivity index (χ2v) is 25.2. The highest BCUT2D eigenvalue weighted by Crippen LogP contribution is 2.37. The number of aryl methyl sites for hydroxylation is 16. The number of ether oxygens (including phenoxy) is 2. The monoisotopic (exact) mass is 1150 g/mol. The molecule has 2 aliphatic carbocycles. The van der Waals surface area contributed by atoms with Gasteiger partial charge in [-0.3, -0.25) is 0 Å². The van der Waals surface area contributed by atoms with E-state index in [4.69, 9.17) is 9.47 Å². The molecule has 10 rings (SSSR count). The molecule has 0 amide bonds. The van der Waals surface area contributed by atoms with Gasteiger partial charge in [-0.25, -0.2) is 0 Å². The van der Waals surface area contributed by atoms with Gasteiger partial charge in [-0.05, 0) is 302 Å². The maximum Gasteiger partial charge on any atom is 0.127 e. The van der Waals surface area contributed by atoms with E-state index in [9.17, 15) is 0 Å². The van der Waals surface area contributed by atoms with E-state index in [2.05, 4.69) is 189 Å². The zero-order valence-electron chi connectivity index (χ0n) is 54.3. The van der Waals surface area contributed by atoms with Crippen LogP contribution in [0.3, 0.4) is 0 Å². The summed E-state index contributed by atoms with van der Waals surface area (Å²) in [6, 6.07) is 42.2. The molecule has 8 aromatic rings. The van der Waals surface area contributed by atoms with Crippen LogP contribution in [-0.4, -0.2) is 13.2 Å². The molecule has 0 atom stereocenters. The minimum absolute atomic E-state index is 0.702. The number of fused-ring (bicyclic) bond motifs is 5. The predicted molar refractivity (Wildman–Crippen MR) is 380 cm³/mol. The fourth-order valence-corrected chi connectivity index (χ4v) is 12.9.